The lowest BCUT2D eigenvalue weighted by atomic mass is 10.7. The molecule has 0 aliphatic rings. The number of hydrogen-bond donors (Lipinski definition) is 0. The maximum Gasteiger partial charge on any atom is 0.490 e. The van der Waals surface area contributed by atoms with E-state index in [1.807, 2.05) is 0 Å². The number of halogens is 5. The Morgan fingerprint density at radius 2 is 2.17 bits per heavy atom. The Hall–Kier alpha value is -0.230. The molecule has 1 aromatic rings. The van der Waals surface area contributed by atoms with Crippen LogP contribution in [-0.4, -0.2) is 9.55 Å². The molecule has 0 atom stereocenters. The number of alkyl halides is 4. The molecule has 0 aliphatic carbocycles. The van der Waals surface area contributed by atoms with Crippen molar-refractivity contribution in [3.8, 4) is 0 Å². The van der Waals surface area contributed by atoms with Gasteiger partial charge in [-0.2, -0.15) is 0 Å². The Balaban J connectivity index is 3.19. The first-order valence-corrected chi connectivity index (χ1v) is 4.15. The van der Waals surface area contributed by atoms with Crippen molar-refractivity contribution in [2.24, 2.45) is 0 Å². The van der Waals surface area contributed by atoms with Crippen LogP contribution in [-0.2, 0) is 12.2 Å². The second kappa shape index (κ2) is 3.26. The average Bonchev–Trinajstić information content (AvgIpc) is 2.29. The Labute approximate surface area is 79.5 Å². The molecule has 0 aliphatic heterocycles. The van der Waals surface area contributed by atoms with Crippen LogP contribution in [0.3, 0.4) is 0 Å². The first-order chi connectivity index (χ1) is 5.46. The summed E-state index contributed by atoms with van der Waals surface area (Å²) in [4.78, 5) is 3.46. The number of nitrogens with zero attached hydrogens (tertiary/aromatic N) is 2. The molecule has 0 spiro atoms. The topological polar surface area (TPSA) is 17.8 Å². The van der Waals surface area contributed by atoms with Crippen LogP contribution in [0.15, 0.2) is 10.8 Å². The molecule has 2 nitrogen and oxygen atoms in total. The monoisotopic (exact) mass is 262 g/mol. The Bertz CT molecular complexity index is 283. The zero-order chi connectivity index (χ0) is 9.35. The van der Waals surface area contributed by atoms with E-state index in [1.54, 1.807) is 0 Å². The van der Waals surface area contributed by atoms with E-state index in [2.05, 4.69) is 20.9 Å². The first-order valence-electron chi connectivity index (χ1n) is 2.82. The first kappa shape index (κ1) is 9.85. The van der Waals surface area contributed by atoms with Crippen molar-refractivity contribution in [3.63, 3.8) is 0 Å². The molecule has 0 unspecified atom stereocenters. The summed E-state index contributed by atoms with van der Waals surface area (Å²) < 4.78 is 36.4. The van der Waals surface area contributed by atoms with Crippen LogP contribution in [0.1, 0.15) is 5.82 Å². The maximum atomic E-state index is 12.2. The number of imidazole rings is 1. The van der Waals surface area contributed by atoms with Crippen LogP contribution < -0.4 is 0 Å². The Morgan fingerprint density at radius 3 is 2.50 bits per heavy atom. The second-order valence-electron chi connectivity index (χ2n) is 1.93. The second-order valence-corrected chi connectivity index (χ2v) is 3.01. The smallest absolute Gasteiger partial charge is 0.239 e. The van der Waals surface area contributed by atoms with Gasteiger partial charge in [-0.05, 0) is 15.9 Å². The van der Waals surface area contributed by atoms with E-state index < -0.39 is 6.30 Å². The quantitative estimate of drug-likeness (QED) is 0.712. The van der Waals surface area contributed by atoms with Crippen LogP contribution in [0.4, 0.5) is 13.2 Å². The highest BCUT2D eigenvalue weighted by atomic mass is 79.9. The highest BCUT2D eigenvalue weighted by Crippen LogP contribution is 2.29. The van der Waals surface area contributed by atoms with E-state index in [4.69, 9.17) is 11.6 Å². The summed E-state index contributed by atoms with van der Waals surface area (Å²) in [6.45, 7) is 0. The van der Waals surface area contributed by atoms with Gasteiger partial charge in [0.15, 0.2) is 0 Å². The predicted octanol–water partition coefficient (Wildman–Crippen LogP) is 2.86. The van der Waals surface area contributed by atoms with E-state index in [9.17, 15) is 13.2 Å². The molecule has 1 rings (SSSR count). The molecule has 0 fully saturated rings. The van der Waals surface area contributed by atoms with E-state index >= 15 is 0 Å². The fourth-order valence-corrected chi connectivity index (χ4v) is 1.42. The van der Waals surface area contributed by atoms with Crippen molar-refractivity contribution in [1.29, 1.82) is 0 Å². The van der Waals surface area contributed by atoms with Crippen LogP contribution in [0.25, 0.3) is 0 Å². The summed E-state index contributed by atoms with van der Waals surface area (Å²) in [5, 5.41) is 0. The van der Waals surface area contributed by atoms with Crippen molar-refractivity contribution in [2.75, 3.05) is 0 Å². The molecule has 12 heavy (non-hydrogen) atoms. The number of hydrogen-bond acceptors (Lipinski definition) is 1. The number of aromatic nitrogens is 2. The van der Waals surface area contributed by atoms with Crippen LogP contribution >= 0.6 is 27.5 Å². The molecule has 0 radical (unpaired) electrons. The standard InChI is InChI=1S/C5H3BrClF3N2/c6-3-2-11-4(1-7)12(3)5(8,9)10/h2H,1H2. The predicted molar refractivity (Wildman–Crippen MR) is 40.8 cm³/mol. The third-order valence-corrected chi connectivity index (χ3v) is 1.96. The minimum Gasteiger partial charge on any atom is -0.239 e. The highest BCUT2D eigenvalue weighted by Gasteiger charge is 2.34. The van der Waals surface area contributed by atoms with Crippen molar-refractivity contribution in [2.45, 2.75) is 12.2 Å². The fraction of sp³-hybridized carbons (Fsp3) is 0.400. The highest BCUT2D eigenvalue weighted by molar-refractivity contribution is 9.10. The van der Waals surface area contributed by atoms with E-state index in [0.29, 0.717) is 0 Å². The molecule has 0 saturated heterocycles. The minimum atomic E-state index is -4.47. The third kappa shape index (κ3) is 1.74. The molecule has 0 N–H and O–H groups in total. The Kier molecular flexibility index (Phi) is 2.67. The van der Waals surface area contributed by atoms with Gasteiger partial charge >= 0.3 is 6.30 Å². The zero-order valence-electron chi connectivity index (χ0n) is 5.57. The van der Waals surface area contributed by atoms with Gasteiger partial charge in [-0.15, -0.1) is 24.8 Å². The maximum absolute atomic E-state index is 12.2. The summed E-state index contributed by atoms with van der Waals surface area (Å²) >= 11 is 7.96. The minimum absolute atomic E-state index is 0.0833. The van der Waals surface area contributed by atoms with Gasteiger partial charge in [-0.25, -0.2) is 9.55 Å². The van der Waals surface area contributed by atoms with Crippen molar-refractivity contribution in [3.05, 3.63) is 16.6 Å². The molecule has 1 aromatic heterocycles. The van der Waals surface area contributed by atoms with Crippen molar-refractivity contribution < 1.29 is 13.2 Å². The molecular formula is C5H3BrClF3N2. The largest absolute Gasteiger partial charge is 0.490 e. The average molecular weight is 263 g/mol. The molecular weight excluding hydrogens is 260 g/mol. The zero-order valence-corrected chi connectivity index (χ0v) is 7.91. The van der Waals surface area contributed by atoms with Gasteiger partial charge in [0.1, 0.15) is 10.4 Å². The summed E-state index contributed by atoms with van der Waals surface area (Å²) in [6, 6.07) is 0. The molecule has 0 saturated carbocycles. The van der Waals surface area contributed by atoms with Gasteiger partial charge in [0.25, 0.3) is 0 Å². The molecule has 1 heterocycles. The molecule has 7 heteroatoms. The van der Waals surface area contributed by atoms with Gasteiger partial charge in [0.05, 0.1) is 12.1 Å². The lowest BCUT2D eigenvalue weighted by molar-refractivity contribution is -0.206. The summed E-state index contributed by atoms with van der Waals surface area (Å²) in [5.74, 6) is -0.499. The lowest BCUT2D eigenvalue weighted by Gasteiger charge is -2.10. The molecule has 68 valence electrons. The fourth-order valence-electron chi connectivity index (χ4n) is 0.728. The Morgan fingerprint density at radius 1 is 1.58 bits per heavy atom. The van der Waals surface area contributed by atoms with Gasteiger partial charge in [0, 0.05) is 0 Å². The van der Waals surface area contributed by atoms with E-state index in [-0.39, 0.29) is 20.9 Å². The van der Waals surface area contributed by atoms with Crippen LogP contribution in [0, 0.1) is 0 Å². The molecule has 0 bridgehead atoms. The molecule has 0 amide bonds. The summed E-state index contributed by atoms with van der Waals surface area (Å²) in [5.41, 5.74) is 0. The van der Waals surface area contributed by atoms with E-state index in [0.717, 1.165) is 6.20 Å². The van der Waals surface area contributed by atoms with Gasteiger partial charge in [-0.3, -0.25) is 0 Å². The van der Waals surface area contributed by atoms with Gasteiger partial charge in [-0.1, -0.05) is 0 Å². The number of rotatable bonds is 1. The van der Waals surface area contributed by atoms with Gasteiger partial charge in [0.2, 0.25) is 0 Å². The normalized spacial score (nSPS) is 12.1. The van der Waals surface area contributed by atoms with Crippen molar-refractivity contribution in [1.82, 2.24) is 9.55 Å². The summed E-state index contributed by atoms with van der Waals surface area (Å²) in [6.07, 6.45) is -3.41. The van der Waals surface area contributed by atoms with Crippen LogP contribution in [0.2, 0.25) is 0 Å². The van der Waals surface area contributed by atoms with Crippen molar-refractivity contribution >= 4 is 27.5 Å². The SMILES string of the molecule is FC(F)(F)n1c(Br)cnc1CCl. The molecule has 0 aromatic carbocycles. The van der Waals surface area contributed by atoms with E-state index in [1.165, 1.54) is 0 Å². The van der Waals surface area contributed by atoms with Crippen LogP contribution in [0.5, 0.6) is 0 Å². The lowest BCUT2D eigenvalue weighted by Crippen LogP contribution is -2.19. The summed E-state index contributed by atoms with van der Waals surface area (Å²) in [7, 11) is 0. The third-order valence-electron chi connectivity index (χ3n) is 1.16. The van der Waals surface area contributed by atoms with Gasteiger partial charge < -0.3 is 0 Å².